The summed E-state index contributed by atoms with van der Waals surface area (Å²) in [6, 6.07) is 11.6. The Morgan fingerprint density at radius 3 is 2.82 bits per heavy atom. The fraction of sp³-hybridized carbons (Fsp3) is 0.300. The Morgan fingerprint density at radius 2 is 2.04 bits per heavy atom. The quantitative estimate of drug-likeness (QED) is 0.652. The first-order chi connectivity index (χ1) is 13.5. The van der Waals surface area contributed by atoms with Gasteiger partial charge in [0.1, 0.15) is 0 Å². The summed E-state index contributed by atoms with van der Waals surface area (Å²) in [5.41, 5.74) is 8.41. The van der Waals surface area contributed by atoms with Crippen LogP contribution >= 0.6 is 0 Å². The number of rotatable bonds is 3. The summed E-state index contributed by atoms with van der Waals surface area (Å²) in [7, 11) is 1.82. The van der Waals surface area contributed by atoms with Crippen LogP contribution < -0.4 is 11.1 Å². The first kappa shape index (κ1) is 18.1. The van der Waals surface area contributed by atoms with Gasteiger partial charge in [0.25, 0.3) is 0 Å². The van der Waals surface area contributed by atoms with Crippen molar-refractivity contribution in [3.05, 3.63) is 59.9 Å². The zero-order valence-electron chi connectivity index (χ0n) is 15.6. The highest BCUT2D eigenvalue weighted by Crippen LogP contribution is 2.29. The van der Waals surface area contributed by atoms with Crippen molar-refractivity contribution in [3.8, 4) is 0 Å². The first-order valence-corrected chi connectivity index (χ1v) is 9.14. The molecule has 0 saturated carbocycles. The lowest BCUT2D eigenvalue weighted by molar-refractivity contribution is -0.145. The second-order valence-corrected chi connectivity index (χ2v) is 7.21. The molecule has 1 aliphatic heterocycles. The van der Waals surface area contributed by atoms with Gasteiger partial charge in [-0.2, -0.15) is 5.10 Å². The number of aryl methyl sites for hydroxylation is 1. The number of carbonyl (C=O) groups excluding carboxylic acids is 2. The van der Waals surface area contributed by atoms with E-state index in [-0.39, 0.29) is 6.54 Å². The molecule has 0 bridgehead atoms. The number of aromatic nitrogens is 3. The average Bonchev–Trinajstić information content (AvgIpc) is 3.30. The van der Waals surface area contributed by atoms with E-state index >= 15 is 0 Å². The van der Waals surface area contributed by atoms with E-state index in [9.17, 15) is 9.59 Å². The van der Waals surface area contributed by atoms with Crippen molar-refractivity contribution < 1.29 is 9.59 Å². The van der Waals surface area contributed by atoms with Crippen LogP contribution in [0.3, 0.4) is 0 Å². The summed E-state index contributed by atoms with van der Waals surface area (Å²) < 4.78 is 1.68. The SMILES string of the molecule is Cn1ncc2cc(CNC(=O)C(=O)N3CCC(N)(c4ccccc4)C3)cnc21. The van der Waals surface area contributed by atoms with E-state index in [1.54, 1.807) is 17.1 Å². The summed E-state index contributed by atoms with van der Waals surface area (Å²) >= 11 is 0. The molecule has 1 fully saturated rings. The van der Waals surface area contributed by atoms with Gasteiger partial charge in [-0.05, 0) is 23.6 Å². The van der Waals surface area contributed by atoms with Gasteiger partial charge in [-0.1, -0.05) is 30.3 Å². The lowest BCUT2D eigenvalue weighted by atomic mass is 9.90. The topological polar surface area (TPSA) is 106 Å². The Morgan fingerprint density at radius 1 is 1.25 bits per heavy atom. The molecule has 28 heavy (non-hydrogen) atoms. The molecule has 1 aliphatic rings. The van der Waals surface area contributed by atoms with Crippen LogP contribution in [0.4, 0.5) is 0 Å². The zero-order valence-corrected chi connectivity index (χ0v) is 15.6. The number of nitrogens with two attached hydrogens (primary N) is 1. The molecule has 144 valence electrons. The summed E-state index contributed by atoms with van der Waals surface area (Å²) in [5, 5.41) is 7.71. The van der Waals surface area contributed by atoms with Crippen molar-refractivity contribution in [2.45, 2.75) is 18.5 Å². The van der Waals surface area contributed by atoms with Crippen molar-refractivity contribution in [1.29, 1.82) is 0 Å². The molecule has 4 rings (SSSR count). The third-order valence-electron chi connectivity index (χ3n) is 5.21. The van der Waals surface area contributed by atoms with Crippen molar-refractivity contribution >= 4 is 22.8 Å². The van der Waals surface area contributed by atoms with Gasteiger partial charge in [0, 0.05) is 38.3 Å². The minimum atomic E-state index is -0.636. The normalized spacial score (nSPS) is 19.1. The van der Waals surface area contributed by atoms with Crippen LogP contribution in [0.25, 0.3) is 11.0 Å². The lowest BCUT2D eigenvalue weighted by Gasteiger charge is -2.25. The van der Waals surface area contributed by atoms with E-state index in [0.29, 0.717) is 19.5 Å². The van der Waals surface area contributed by atoms with Crippen LogP contribution in [-0.2, 0) is 28.7 Å². The lowest BCUT2D eigenvalue weighted by Crippen LogP contribution is -2.45. The van der Waals surface area contributed by atoms with E-state index in [1.165, 1.54) is 4.90 Å². The Labute approximate surface area is 162 Å². The Kier molecular flexibility index (Phi) is 4.56. The van der Waals surface area contributed by atoms with Crippen LogP contribution in [0.1, 0.15) is 17.5 Å². The first-order valence-electron chi connectivity index (χ1n) is 9.14. The summed E-state index contributed by atoms with van der Waals surface area (Å²) in [6.45, 7) is 1.01. The van der Waals surface area contributed by atoms with E-state index in [4.69, 9.17) is 5.73 Å². The average molecular weight is 378 g/mol. The summed E-state index contributed by atoms with van der Waals surface area (Å²) in [5.74, 6) is -1.19. The fourth-order valence-electron chi connectivity index (χ4n) is 3.60. The Bertz CT molecular complexity index is 1030. The second-order valence-electron chi connectivity index (χ2n) is 7.21. The smallest absolute Gasteiger partial charge is 0.311 e. The summed E-state index contributed by atoms with van der Waals surface area (Å²) in [6.07, 6.45) is 4.01. The van der Waals surface area contributed by atoms with Crippen LogP contribution in [0.15, 0.2) is 48.8 Å². The van der Waals surface area contributed by atoms with Crippen LogP contribution in [0, 0.1) is 0 Å². The van der Waals surface area contributed by atoms with Crippen LogP contribution in [0.5, 0.6) is 0 Å². The molecular weight excluding hydrogens is 356 g/mol. The van der Waals surface area contributed by atoms with Crippen LogP contribution in [0.2, 0.25) is 0 Å². The number of nitrogens with zero attached hydrogens (tertiary/aromatic N) is 4. The minimum Gasteiger partial charge on any atom is -0.344 e. The number of hydrogen-bond acceptors (Lipinski definition) is 5. The van der Waals surface area contributed by atoms with Crippen molar-refractivity contribution in [3.63, 3.8) is 0 Å². The Balaban J connectivity index is 1.37. The monoisotopic (exact) mass is 378 g/mol. The molecule has 0 radical (unpaired) electrons. The fourth-order valence-corrected chi connectivity index (χ4v) is 3.60. The summed E-state index contributed by atoms with van der Waals surface area (Å²) in [4.78, 5) is 30.7. The zero-order chi connectivity index (χ0) is 19.7. The molecule has 2 amide bonds. The largest absolute Gasteiger partial charge is 0.344 e. The highest BCUT2D eigenvalue weighted by molar-refractivity contribution is 6.35. The number of likely N-dealkylation sites (tertiary alicyclic amines) is 1. The number of hydrogen-bond donors (Lipinski definition) is 2. The Hall–Kier alpha value is -3.26. The number of nitrogens with one attached hydrogen (secondary N) is 1. The highest BCUT2D eigenvalue weighted by Gasteiger charge is 2.39. The van der Waals surface area contributed by atoms with Crippen molar-refractivity contribution in [1.82, 2.24) is 25.0 Å². The van der Waals surface area contributed by atoms with Gasteiger partial charge in [-0.25, -0.2) is 4.98 Å². The van der Waals surface area contributed by atoms with Gasteiger partial charge in [0.2, 0.25) is 0 Å². The molecule has 3 aromatic rings. The molecule has 3 N–H and O–H groups in total. The van der Waals surface area contributed by atoms with E-state index in [1.807, 2.05) is 43.4 Å². The number of amides is 2. The third kappa shape index (κ3) is 3.34. The molecule has 1 saturated heterocycles. The number of fused-ring (bicyclic) bond motifs is 1. The molecule has 1 atom stereocenters. The van der Waals surface area contributed by atoms with Crippen molar-refractivity contribution in [2.24, 2.45) is 12.8 Å². The van der Waals surface area contributed by atoms with Crippen LogP contribution in [-0.4, -0.2) is 44.6 Å². The van der Waals surface area contributed by atoms with Gasteiger partial charge >= 0.3 is 11.8 Å². The predicted octanol–water partition coefficient (Wildman–Crippen LogP) is 0.671. The molecule has 2 aromatic heterocycles. The van der Waals surface area contributed by atoms with Gasteiger partial charge < -0.3 is 16.0 Å². The van der Waals surface area contributed by atoms with Gasteiger partial charge in [-0.3, -0.25) is 14.3 Å². The molecule has 8 nitrogen and oxygen atoms in total. The molecular formula is C20H22N6O2. The second kappa shape index (κ2) is 7.05. The molecule has 1 unspecified atom stereocenters. The maximum atomic E-state index is 12.5. The number of carbonyl (C=O) groups is 2. The molecule has 8 heteroatoms. The van der Waals surface area contributed by atoms with E-state index in [2.05, 4.69) is 15.4 Å². The highest BCUT2D eigenvalue weighted by atomic mass is 16.2. The standard InChI is InChI=1S/C20H22N6O2/c1-25-17-15(12-24-25)9-14(10-22-17)11-23-18(27)19(28)26-8-7-20(21,13-26)16-5-3-2-4-6-16/h2-6,9-10,12H,7-8,11,13,21H2,1H3,(H,23,27). The minimum absolute atomic E-state index is 0.225. The molecule has 0 aliphatic carbocycles. The van der Waals surface area contributed by atoms with Gasteiger partial charge in [-0.15, -0.1) is 0 Å². The molecule has 3 heterocycles. The van der Waals surface area contributed by atoms with Crippen molar-refractivity contribution in [2.75, 3.05) is 13.1 Å². The predicted molar refractivity (Wildman–Crippen MR) is 104 cm³/mol. The molecule has 1 aromatic carbocycles. The maximum absolute atomic E-state index is 12.5. The molecule has 0 spiro atoms. The maximum Gasteiger partial charge on any atom is 0.311 e. The number of benzene rings is 1. The van der Waals surface area contributed by atoms with Gasteiger partial charge in [0.15, 0.2) is 5.65 Å². The van der Waals surface area contributed by atoms with Gasteiger partial charge in [0.05, 0.1) is 11.7 Å². The third-order valence-corrected chi connectivity index (χ3v) is 5.21. The van der Waals surface area contributed by atoms with E-state index < -0.39 is 17.4 Å². The number of pyridine rings is 1. The van der Waals surface area contributed by atoms with E-state index in [0.717, 1.165) is 22.2 Å².